The molecule has 4 nitrogen and oxygen atoms in total. The lowest BCUT2D eigenvalue weighted by atomic mass is 9.77. The third-order valence-corrected chi connectivity index (χ3v) is 18.4. The average Bonchev–Trinajstić information content (AvgIpc) is 2.67. The van der Waals surface area contributed by atoms with Crippen LogP contribution < -0.4 is 5.32 Å². The average molecular weight is 524 g/mol. The fraction of sp³-hybridized carbons (Fsp3) is 0.741. The van der Waals surface area contributed by atoms with E-state index in [1.807, 2.05) is 11.8 Å². The summed E-state index contributed by atoms with van der Waals surface area (Å²) in [4.78, 5) is 14.1. The molecule has 1 amide bonds. The van der Waals surface area contributed by atoms with Gasteiger partial charge < -0.3 is 14.2 Å². The van der Waals surface area contributed by atoms with Crippen molar-refractivity contribution in [3.8, 4) is 0 Å². The second-order valence-corrected chi connectivity index (χ2v) is 23.7. The Balaban J connectivity index is 2.14. The monoisotopic (exact) mass is 523 g/mol. The van der Waals surface area contributed by atoms with Crippen molar-refractivity contribution in [3.63, 3.8) is 0 Å². The number of carbonyl (C=O) groups is 1. The number of hydrogen-bond donors (Lipinski definition) is 1. The van der Waals surface area contributed by atoms with Crippen molar-refractivity contribution in [1.82, 2.24) is 5.32 Å². The van der Waals surface area contributed by atoms with Crippen molar-refractivity contribution in [2.45, 2.75) is 108 Å². The zero-order valence-electron chi connectivity index (χ0n) is 23.5. The molecular weight excluding hydrogens is 475 g/mol. The smallest absolute Gasteiger partial charge is 0.228 e. The maximum absolute atomic E-state index is 12.8. The summed E-state index contributed by atoms with van der Waals surface area (Å²) in [6.07, 6.45) is 0.916. The Bertz CT molecular complexity index is 802. The van der Waals surface area contributed by atoms with E-state index in [2.05, 4.69) is 110 Å². The molecule has 34 heavy (non-hydrogen) atoms. The minimum atomic E-state index is -1.96. The second-order valence-electron chi connectivity index (χ2n) is 12.9. The third kappa shape index (κ3) is 7.45. The molecule has 0 saturated carbocycles. The third-order valence-electron chi connectivity index (χ3n) is 8.26. The van der Waals surface area contributed by atoms with Crippen LogP contribution in [-0.2, 0) is 13.6 Å². The molecule has 2 rings (SSSR count). The summed E-state index contributed by atoms with van der Waals surface area (Å²) in [5.41, 5.74) is 0. The summed E-state index contributed by atoms with van der Waals surface area (Å²) >= 11 is 1.88. The van der Waals surface area contributed by atoms with Gasteiger partial charge in [0.1, 0.15) is 0 Å². The van der Waals surface area contributed by atoms with Gasteiger partial charge in [-0.05, 0) is 67.5 Å². The number of amides is 1. The molecule has 0 spiro atoms. The summed E-state index contributed by atoms with van der Waals surface area (Å²) in [5.74, 6) is 1.30. The molecule has 1 aromatic rings. The Morgan fingerprint density at radius 2 is 1.53 bits per heavy atom. The first kappa shape index (κ1) is 29.6. The maximum atomic E-state index is 12.8. The van der Waals surface area contributed by atoms with Gasteiger partial charge in [-0.1, -0.05) is 59.7 Å². The largest absolute Gasteiger partial charge is 0.416 e. The molecule has 0 bridgehead atoms. The highest BCUT2D eigenvalue weighted by molar-refractivity contribution is 7.99. The van der Waals surface area contributed by atoms with E-state index in [9.17, 15) is 4.79 Å². The van der Waals surface area contributed by atoms with E-state index < -0.39 is 16.6 Å². The fourth-order valence-electron chi connectivity index (χ4n) is 3.79. The van der Waals surface area contributed by atoms with Crippen LogP contribution in [0.1, 0.15) is 54.9 Å². The van der Waals surface area contributed by atoms with Crippen LogP contribution in [0.25, 0.3) is 0 Å². The molecule has 1 saturated heterocycles. The highest BCUT2D eigenvalue weighted by atomic mass is 32.2. The molecule has 0 aromatic heterocycles. The molecule has 1 N–H and O–H groups in total. The Morgan fingerprint density at radius 1 is 0.971 bits per heavy atom. The molecule has 1 aliphatic heterocycles. The topological polar surface area (TPSA) is 47.6 Å². The quantitative estimate of drug-likeness (QED) is 0.187. The first-order chi connectivity index (χ1) is 15.5. The van der Waals surface area contributed by atoms with E-state index in [1.54, 1.807) is 0 Å². The van der Waals surface area contributed by atoms with E-state index in [0.717, 1.165) is 12.2 Å². The zero-order valence-corrected chi connectivity index (χ0v) is 26.3. The molecule has 1 aliphatic rings. The van der Waals surface area contributed by atoms with Crippen LogP contribution in [0.2, 0.25) is 36.3 Å². The minimum Gasteiger partial charge on any atom is -0.416 e. The van der Waals surface area contributed by atoms with Crippen molar-refractivity contribution >= 4 is 34.3 Å². The van der Waals surface area contributed by atoms with Gasteiger partial charge in [0.2, 0.25) is 5.91 Å². The Labute approximate surface area is 215 Å². The predicted octanol–water partition coefficient (Wildman–Crippen LogP) is 7.33. The number of thioether (sulfide) groups is 1. The Kier molecular flexibility index (Phi) is 9.76. The van der Waals surface area contributed by atoms with Crippen LogP contribution in [-0.4, -0.2) is 47.0 Å². The molecule has 1 fully saturated rings. The van der Waals surface area contributed by atoms with Gasteiger partial charge in [0, 0.05) is 23.5 Å². The lowest BCUT2D eigenvalue weighted by Crippen LogP contribution is -2.67. The summed E-state index contributed by atoms with van der Waals surface area (Å²) in [6.45, 7) is 25.5. The molecule has 0 aliphatic carbocycles. The highest BCUT2D eigenvalue weighted by Crippen LogP contribution is 2.41. The second kappa shape index (κ2) is 11.2. The van der Waals surface area contributed by atoms with Gasteiger partial charge in [0.05, 0.1) is 12.0 Å². The molecule has 1 heterocycles. The molecule has 1 aromatic carbocycles. The van der Waals surface area contributed by atoms with Crippen molar-refractivity contribution in [2.75, 3.05) is 12.4 Å². The highest BCUT2D eigenvalue weighted by Gasteiger charge is 2.50. The molecule has 194 valence electrons. The van der Waals surface area contributed by atoms with E-state index >= 15 is 0 Å². The van der Waals surface area contributed by atoms with E-state index in [4.69, 9.17) is 8.85 Å². The number of nitrogens with one attached hydrogen (secondary N) is 1. The molecule has 7 heteroatoms. The van der Waals surface area contributed by atoms with Crippen molar-refractivity contribution in [2.24, 2.45) is 11.8 Å². The normalized spacial score (nSPS) is 21.6. The van der Waals surface area contributed by atoms with Gasteiger partial charge in [-0.15, -0.1) is 11.8 Å². The number of carbonyl (C=O) groups excluding carboxylic acids is 1. The van der Waals surface area contributed by atoms with Crippen molar-refractivity contribution in [3.05, 3.63) is 30.3 Å². The van der Waals surface area contributed by atoms with E-state index in [-0.39, 0.29) is 40.0 Å². The number of β-lactam (4-membered cyclic amide) rings is 1. The molecule has 0 radical (unpaired) electrons. The van der Waals surface area contributed by atoms with Crippen LogP contribution in [0.3, 0.4) is 0 Å². The summed E-state index contributed by atoms with van der Waals surface area (Å²) in [7, 11) is -3.84. The Hall–Kier alpha value is -0.606. The minimum absolute atomic E-state index is 0.0863. The van der Waals surface area contributed by atoms with Crippen LogP contribution in [0.15, 0.2) is 35.2 Å². The van der Waals surface area contributed by atoms with Crippen LogP contribution in [0, 0.1) is 11.8 Å². The molecular formula is C27H49NO3SSi2. The van der Waals surface area contributed by atoms with Crippen molar-refractivity contribution in [1.29, 1.82) is 0 Å². The lowest BCUT2D eigenvalue weighted by molar-refractivity contribution is -0.142. The Morgan fingerprint density at radius 3 is 2.03 bits per heavy atom. The van der Waals surface area contributed by atoms with Crippen LogP contribution >= 0.6 is 11.8 Å². The van der Waals surface area contributed by atoms with Crippen molar-refractivity contribution < 1.29 is 13.6 Å². The standard InChI is InChI=1S/C27H49NO3SSi2/c1-20(31-34(10,11)27(5,6)7)23-24(28-25(23)29)21(19-30-33(8,9)26(2,3)4)17-18-32-22-15-13-12-14-16-22/h12-16,20-21,23-24H,17-19H2,1-11H3,(H,28,29)/t20-,21+,23-,24-/m1/s1. The number of hydrogen-bond acceptors (Lipinski definition) is 4. The summed E-state index contributed by atoms with van der Waals surface area (Å²) < 4.78 is 13.4. The maximum Gasteiger partial charge on any atom is 0.228 e. The lowest BCUT2D eigenvalue weighted by Gasteiger charge is -2.48. The van der Waals surface area contributed by atoms with Gasteiger partial charge in [-0.25, -0.2) is 0 Å². The fourth-order valence-corrected chi connectivity index (χ4v) is 7.29. The molecule has 4 atom stereocenters. The summed E-state index contributed by atoms with van der Waals surface area (Å²) in [5, 5.41) is 3.53. The van der Waals surface area contributed by atoms with Gasteiger partial charge in [0.15, 0.2) is 16.6 Å². The van der Waals surface area contributed by atoms with Gasteiger partial charge >= 0.3 is 0 Å². The SMILES string of the molecule is C[C@@H](O[Si](C)(C)C(C)(C)C)[C@H]1C(=O)N[C@@H]1[C@@H](CCSc1ccccc1)CO[Si](C)(C)C(C)(C)C. The van der Waals surface area contributed by atoms with E-state index in [0.29, 0.717) is 6.61 Å². The first-order valence-corrected chi connectivity index (χ1v) is 19.6. The zero-order chi connectivity index (χ0) is 25.9. The van der Waals surface area contributed by atoms with Gasteiger partial charge in [0.25, 0.3) is 0 Å². The molecule has 0 unspecified atom stereocenters. The number of benzene rings is 1. The first-order valence-electron chi connectivity index (χ1n) is 12.8. The van der Waals surface area contributed by atoms with Gasteiger partial charge in [-0.2, -0.15) is 0 Å². The van der Waals surface area contributed by atoms with E-state index in [1.165, 1.54) is 4.90 Å². The predicted molar refractivity (Wildman–Crippen MR) is 152 cm³/mol. The summed E-state index contributed by atoms with van der Waals surface area (Å²) in [6, 6.07) is 10.7. The number of rotatable bonds is 11. The van der Waals surface area contributed by atoms with Crippen LogP contribution in [0.4, 0.5) is 0 Å². The van der Waals surface area contributed by atoms with Gasteiger partial charge in [-0.3, -0.25) is 4.79 Å². The van der Waals surface area contributed by atoms with Crippen LogP contribution in [0.5, 0.6) is 0 Å².